The summed E-state index contributed by atoms with van der Waals surface area (Å²) in [5.41, 5.74) is 3.64. The van der Waals surface area contributed by atoms with Gasteiger partial charge in [-0.2, -0.15) is 0 Å². The SMILES string of the molecule is C=Cc1[nH]cc(C)c1/C=C\CC.CC. The molecule has 0 aliphatic carbocycles. The van der Waals surface area contributed by atoms with E-state index in [2.05, 4.69) is 37.6 Å². The van der Waals surface area contributed by atoms with E-state index in [9.17, 15) is 0 Å². The molecule has 0 aromatic carbocycles. The summed E-state index contributed by atoms with van der Waals surface area (Å²) in [7, 11) is 0. The van der Waals surface area contributed by atoms with Crippen molar-refractivity contribution in [2.45, 2.75) is 34.1 Å². The molecule has 0 atom stereocenters. The Labute approximate surface area is 87.6 Å². The minimum Gasteiger partial charge on any atom is -0.361 e. The van der Waals surface area contributed by atoms with Crippen LogP contribution in [0, 0.1) is 6.92 Å². The van der Waals surface area contributed by atoms with Crippen LogP contribution in [0.2, 0.25) is 0 Å². The third-order valence-electron chi connectivity index (χ3n) is 1.88. The van der Waals surface area contributed by atoms with Crippen LogP contribution in [0.3, 0.4) is 0 Å². The highest BCUT2D eigenvalue weighted by Gasteiger charge is 1.99. The molecule has 0 aliphatic heterocycles. The van der Waals surface area contributed by atoms with Gasteiger partial charge in [-0.3, -0.25) is 0 Å². The molecule has 0 aliphatic rings. The van der Waals surface area contributed by atoms with Gasteiger partial charge < -0.3 is 4.98 Å². The van der Waals surface area contributed by atoms with Gasteiger partial charge >= 0.3 is 0 Å². The quantitative estimate of drug-likeness (QED) is 0.728. The molecule has 1 nitrogen and oxygen atoms in total. The monoisotopic (exact) mass is 191 g/mol. The summed E-state index contributed by atoms with van der Waals surface area (Å²) in [6.07, 6.45) is 9.22. The first kappa shape index (κ1) is 12.8. The Balaban J connectivity index is 0.000000791. The van der Waals surface area contributed by atoms with E-state index in [1.807, 2.05) is 26.1 Å². The van der Waals surface area contributed by atoms with Gasteiger partial charge in [0.15, 0.2) is 0 Å². The van der Waals surface area contributed by atoms with Gasteiger partial charge in [0.05, 0.1) is 0 Å². The van der Waals surface area contributed by atoms with Crippen molar-refractivity contribution < 1.29 is 0 Å². The molecule has 1 aromatic rings. The second-order valence-electron chi connectivity index (χ2n) is 2.81. The number of nitrogens with one attached hydrogen (secondary N) is 1. The summed E-state index contributed by atoms with van der Waals surface area (Å²) in [6, 6.07) is 0. The zero-order valence-corrected chi connectivity index (χ0v) is 9.72. The van der Waals surface area contributed by atoms with Crippen LogP contribution >= 0.6 is 0 Å². The lowest BCUT2D eigenvalue weighted by Crippen LogP contribution is -1.76. The average molecular weight is 191 g/mol. The Morgan fingerprint density at radius 1 is 1.43 bits per heavy atom. The third-order valence-corrected chi connectivity index (χ3v) is 1.88. The number of rotatable bonds is 3. The normalized spacial score (nSPS) is 9.71. The van der Waals surface area contributed by atoms with Crippen molar-refractivity contribution in [3.8, 4) is 0 Å². The topological polar surface area (TPSA) is 15.8 Å². The Bertz CT molecular complexity index is 292. The van der Waals surface area contributed by atoms with E-state index in [0.717, 1.165) is 12.1 Å². The van der Waals surface area contributed by atoms with Gasteiger partial charge in [-0.05, 0) is 25.0 Å². The number of aromatic amines is 1. The van der Waals surface area contributed by atoms with Crippen LogP contribution in [0.25, 0.3) is 12.2 Å². The van der Waals surface area contributed by atoms with Crippen LogP contribution < -0.4 is 0 Å². The third kappa shape index (κ3) is 3.25. The van der Waals surface area contributed by atoms with Gasteiger partial charge in [0.2, 0.25) is 0 Å². The molecule has 1 heterocycles. The Kier molecular flexibility index (Phi) is 6.55. The van der Waals surface area contributed by atoms with Gasteiger partial charge in [0.25, 0.3) is 0 Å². The van der Waals surface area contributed by atoms with Crippen molar-refractivity contribution >= 4 is 12.2 Å². The number of allylic oxidation sites excluding steroid dienone is 1. The lowest BCUT2D eigenvalue weighted by molar-refractivity contribution is 1.23. The van der Waals surface area contributed by atoms with Gasteiger partial charge in [-0.1, -0.05) is 39.5 Å². The molecule has 0 radical (unpaired) electrons. The maximum Gasteiger partial charge on any atom is 0.0450 e. The fourth-order valence-corrected chi connectivity index (χ4v) is 1.18. The zero-order chi connectivity index (χ0) is 11.0. The van der Waals surface area contributed by atoms with E-state index in [1.54, 1.807) is 0 Å². The molecular weight excluding hydrogens is 170 g/mol. The van der Waals surface area contributed by atoms with Gasteiger partial charge in [0.1, 0.15) is 0 Å². The summed E-state index contributed by atoms with van der Waals surface area (Å²) in [6.45, 7) is 12.0. The average Bonchev–Trinajstić information content (AvgIpc) is 2.59. The van der Waals surface area contributed by atoms with Crippen LogP contribution in [0.5, 0.6) is 0 Å². The first-order valence-electron chi connectivity index (χ1n) is 5.26. The first-order chi connectivity index (χ1) is 6.79. The number of hydrogen-bond donors (Lipinski definition) is 1. The van der Waals surface area contributed by atoms with E-state index in [1.165, 1.54) is 11.1 Å². The second kappa shape index (κ2) is 7.19. The van der Waals surface area contributed by atoms with Crippen molar-refractivity contribution in [2.75, 3.05) is 0 Å². The lowest BCUT2D eigenvalue weighted by atomic mass is 10.1. The molecule has 78 valence electrons. The Hall–Kier alpha value is -1.24. The van der Waals surface area contributed by atoms with E-state index >= 15 is 0 Å². The minimum atomic E-state index is 1.07. The molecule has 0 spiro atoms. The fourth-order valence-electron chi connectivity index (χ4n) is 1.18. The number of aryl methyl sites for hydroxylation is 1. The van der Waals surface area contributed by atoms with Crippen molar-refractivity contribution in [2.24, 2.45) is 0 Å². The van der Waals surface area contributed by atoms with Crippen LogP contribution in [0.15, 0.2) is 18.9 Å². The maximum atomic E-state index is 3.75. The van der Waals surface area contributed by atoms with E-state index in [-0.39, 0.29) is 0 Å². The molecule has 1 N–H and O–H groups in total. The van der Waals surface area contributed by atoms with Crippen molar-refractivity contribution in [1.29, 1.82) is 0 Å². The predicted molar refractivity (Wildman–Crippen MR) is 66.3 cm³/mol. The molecule has 0 saturated carbocycles. The molecule has 1 aromatic heterocycles. The molecule has 0 unspecified atom stereocenters. The Morgan fingerprint density at radius 3 is 2.57 bits per heavy atom. The summed E-state index contributed by atoms with van der Waals surface area (Å²) in [5.74, 6) is 0. The van der Waals surface area contributed by atoms with E-state index in [4.69, 9.17) is 0 Å². The number of hydrogen-bond acceptors (Lipinski definition) is 0. The standard InChI is InChI=1S/C11H15N.C2H6/c1-4-6-7-10-9(3)8-12-11(10)5-2;1-2/h5-8,12H,2,4H2,1,3H3;1-2H3/b7-6-;. The molecule has 1 heteroatoms. The van der Waals surface area contributed by atoms with Crippen LogP contribution in [-0.2, 0) is 0 Å². The van der Waals surface area contributed by atoms with Crippen LogP contribution in [0.4, 0.5) is 0 Å². The molecule has 0 bridgehead atoms. The summed E-state index contributed by atoms with van der Waals surface area (Å²) >= 11 is 0. The minimum absolute atomic E-state index is 1.07. The highest BCUT2D eigenvalue weighted by Crippen LogP contribution is 2.16. The highest BCUT2D eigenvalue weighted by molar-refractivity contribution is 5.64. The smallest absolute Gasteiger partial charge is 0.0450 e. The van der Waals surface area contributed by atoms with Gasteiger partial charge in [0, 0.05) is 17.5 Å². The fraction of sp³-hybridized carbons (Fsp3) is 0.385. The van der Waals surface area contributed by atoms with Crippen LogP contribution in [0.1, 0.15) is 44.0 Å². The van der Waals surface area contributed by atoms with Gasteiger partial charge in [-0.15, -0.1) is 0 Å². The van der Waals surface area contributed by atoms with Crippen LogP contribution in [-0.4, -0.2) is 4.98 Å². The predicted octanol–water partition coefficient (Wildman–Crippen LogP) is 4.42. The molecular formula is C13H21N. The highest BCUT2D eigenvalue weighted by atomic mass is 14.7. The second-order valence-corrected chi connectivity index (χ2v) is 2.81. The van der Waals surface area contributed by atoms with E-state index in [0.29, 0.717) is 0 Å². The van der Waals surface area contributed by atoms with Gasteiger partial charge in [-0.25, -0.2) is 0 Å². The molecule has 0 amide bonds. The van der Waals surface area contributed by atoms with E-state index < -0.39 is 0 Å². The molecule has 0 saturated heterocycles. The molecule has 0 fully saturated rings. The zero-order valence-electron chi connectivity index (χ0n) is 9.72. The van der Waals surface area contributed by atoms with Crippen molar-refractivity contribution in [1.82, 2.24) is 4.98 Å². The maximum absolute atomic E-state index is 3.75. The number of H-pyrrole nitrogens is 1. The lowest BCUT2D eigenvalue weighted by Gasteiger charge is -1.93. The van der Waals surface area contributed by atoms with Crippen molar-refractivity contribution in [3.05, 3.63) is 35.7 Å². The summed E-state index contributed by atoms with van der Waals surface area (Å²) < 4.78 is 0. The summed E-state index contributed by atoms with van der Waals surface area (Å²) in [5, 5.41) is 0. The first-order valence-corrected chi connectivity index (χ1v) is 5.26. The largest absolute Gasteiger partial charge is 0.361 e. The number of aromatic nitrogens is 1. The summed E-state index contributed by atoms with van der Waals surface area (Å²) in [4.78, 5) is 3.16. The Morgan fingerprint density at radius 2 is 2.07 bits per heavy atom. The molecule has 14 heavy (non-hydrogen) atoms. The van der Waals surface area contributed by atoms with Crippen molar-refractivity contribution in [3.63, 3.8) is 0 Å². The molecule has 1 rings (SSSR count).